The zero-order valence-corrected chi connectivity index (χ0v) is 22.1. The van der Waals surface area contributed by atoms with E-state index in [4.69, 9.17) is 9.72 Å². The van der Waals surface area contributed by atoms with Crippen LogP contribution in [0.3, 0.4) is 0 Å². The third-order valence-corrected chi connectivity index (χ3v) is 7.51. The Hall–Kier alpha value is -4.34. The lowest BCUT2D eigenvalue weighted by Gasteiger charge is -2.32. The van der Waals surface area contributed by atoms with Crippen LogP contribution < -0.4 is 14.4 Å². The fourth-order valence-corrected chi connectivity index (χ4v) is 5.51. The van der Waals surface area contributed by atoms with Crippen molar-refractivity contribution in [3.63, 3.8) is 0 Å². The molecule has 0 spiro atoms. The third kappa shape index (κ3) is 5.25. The van der Waals surface area contributed by atoms with Crippen LogP contribution in [0.25, 0.3) is 22.9 Å². The summed E-state index contributed by atoms with van der Waals surface area (Å²) < 4.78 is 46.9. The van der Waals surface area contributed by atoms with Gasteiger partial charge in [0.1, 0.15) is 29.5 Å². The summed E-state index contributed by atoms with van der Waals surface area (Å²) in [5.74, 6) is 2.68. The molecular formula is C30H28F3N5O2. The minimum absolute atomic E-state index is 0.245. The number of rotatable bonds is 6. The Morgan fingerprint density at radius 3 is 2.48 bits per heavy atom. The van der Waals surface area contributed by atoms with Gasteiger partial charge in [-0.15, -0.1) is 13.2 Å². The molecule has 1 saturated heterocycles. The molecule has 2 aromatic heterocycles. The van der Waals surface area contributed by atoms with Crippen molar-refractivity contribution in [1.29, 1.82) is 0 Å². The Bertz CT molecular complexity index is 1550. The molecule has 6 rings (SSSR count). The predicted octanol–water partition coefficient (Wildman–Crippen LogP) is 6.56. The monoisotopic (exact) mass is 547 g/mol. The highest BCUT2D eigenvalue weighted by atomic mass is 19.4. The van der Waals surface area contributed by atoms with E-state index in [9.17, 15) is 13.2 Å². The molecule has 2 aliphatic rings. The number of ether oxygens (including phenoxy) is 2. The molecule has 2 aromatic carbocycles. The highest BCUT2D eigenvalue weighted by molar-refractivity contribution is 5.91. The Morgan fingerprint density at radius 1 is 0.975 bits per heavy atom. The Labute approximate surface area is 229 Å². The van der Waals surface area contributed by atoms with Crippen molar-refractivity contribution in [2.24, 2.45) is 0 Å². The molecule has 0 unspecified atom stereocenters. The van der Waals surface area contributed by atoms with Crippen molar-refractivity contribution in [2.45, 2.75) is 38.5 Å². The molecule has 0 saturated carbocycles. The van der Waals surface area contributed by atoms with Gasteiger partial charge >= 0.3 is 6.36 Å². The van der Waals surface area contributed by atoms with Crippen LogP contribution in [0.15, 0.2) is 54.9 Å². The zero-order chi connectivity index (χ0) is 27.9. The first-order valence-electron chi connectivity index (χ1n) is 13.1. The molecule has 4 aromatic rings. The molecule has 0 radical (unpaired) electrons. The predicted molar refractivity (Wildman–Crippen MR) is 146 cm³/mol. The number of hydrogen-bond acceptors (Lipinski definition) is 6. The van der Waals surface area contributed by atoms with E-state index in [1.807, 2.05) is 25.1 Å². The fourth-order valence-electron chi connectivity index (χ4n) is 5.51. The van der Waals surface area contributed by atoms with E-state index in [1.165, 1.54) is 17.7 Å². The number of aryl methyl sites for hydroxylation is 1. The molecule has 0 bridgehead atoms. The number of aromatic nitrogens is 4. The third-order valence-electron chi connectivity index (χ3n) is 7.51. The summed E-state index contributed by atoms with van der Waals surface area (Å²) >= 11 is 0. The van der Waals surface area contributed by atoms with E-state index in [-0.39, 0.29) is 11.7 Å². The van der Waals surface area contributed by atoms with Crippen molar-refractivity contribution in [2.75, 3.05) is 25.1 Å². The van der Waals surface area contributed by atoms with Gasteiger partial charge in [0.05, 0.1) is 18.5 Å². The van der Waals surface area contributed by atoms with Crippen LogP contribution in [-0.4, -0.2) is 46.5 Å². The molecule has 1 aliphatic heterocycles. The van der Waals surface area contributed by atoms with Gasteiger partial charge in [0, 0.05) is 42.2 Å². The summed E-state index contributed by atoms with van der Waals surface area (Å²) in [5.41, 5.74) is 6.78. The zero-order valence-electron chi connectivity index (χ0n) is 22.1. The molecule has 1 fully saturated rings. The number of aromatic amines is 1. The van der Waals surface area contributed by atoms with Gasteiger partial charge in [0.25, 0.3) is 0 Å². The largest absolute Gasteiger partial charge is 0.573 e. The van der Waals surface area contributed by atoms with Crippen LogP contribution in [0.4, 0.5) is 19.0 Å². The maximum atomic E-state index is 12.5. The van der Waals surface area contributed by atoms with Crippen LogP contribution in [-0.2, 0) is 6.42 Å². The van der Waals surface area contributed by atoms with Crippen LogP contribution in [0.1, 0.15) is 47.1 Å². The van der Waals surface area contributed by atoms with Gasteiger partial charge in [0.2, 0.25) is 0 Å². The maximum absolute atomic E-state index is 12.5. The van der Waals surface area contributed by atoms with Gasteiger partial charge in [-0.1, -0.05) is 12.1 Å². The Kier molecular flexibility index (Phi) is 6.69. The van der Waals surface area contributed by atoms with Crippen molar-refractivity contribution in [3.8, 4) is 22.8 Å². The number of nitrogens with zero attached hydrogens (tertiary/aromatic N) is 4. The van der Waals surface area contributed by atoms with Gasteiger partial charge in [-0.3, -0.25) is 0 Å². The number of fused-ring (bicyclic) bond motifs is 1. The second-order valence-corrected chi connectivity index (χ2v) is 10.1. The number of allylic oxidation sites excluding steroid dienone is 1. The van der Waals surface area contributed by atoms with Gasteiger partial charge in [0.15, 0.2) is 0 Å². The lowest BCUT2D eigenvalue weighted by Crippen LogP contribution is -2.34. The van der Waals surface area contributed by atoms with Gasteiger partial charge in [-0.25, -0.2) is 15.0 Å². The lowest BCUT2D eigenvalue weighted by atomic mass is 9.96. The Morgan fingerprint density at radius 2 is 1.75 bits per heavy atom. The number of methoxy groups -OCH3 is 1. The first kappa shape index (κ1) is 25.9. The summed E-state index contributed by atoms with van der Waals surface area (Å²) in [6.07, 6.45) is 1.68. The smallest absolute Gasteiger partial charge is 0.497 e. The van der Waals surface area contributed by atoms with Crippen molar-refractivity contribution >= 4 is 17.5 Å². The molecule has 206 valence electrons. The van der Waals surface area contributed by atoms with Crippen molar-refractivity contribution in [3.05, 3.63) is 83.2 Å². The second kappa shape index (κ2) is 10.3. The molecule has 40 heavy (non-hydrogen) atoms. The Balaban J connectivity index is 1.15. The fraction of sp³-hybridized carbons (Fsp3) is 0.300. The number of H-pyrrole nitrogens is 1. The maximum Gasteiger partial charge on any atom is 0.573 e. The number of hydrogen-bond donors (Lipinski definition) is 1. The van der Waals surface area contributed by atoms with Crippen LogP contribution in [0.5, 0.6) is 11.5 Å². The topological polar surface area (TPSA) is 76.2 Å². The van der Waals surface area contributed by atoms with E-state index in [0.29, 0.717) is 0 Å². The van der Waals surface area contributed by atoms with E-state index < -0.39 is 6.36 Å². The normalized spacial score (nSPS) is 15.6. The van der Waals surface area contributed by atoms with Crippen molar-refractivity contribution in [1.82, 2.24) is 19.9 Å². The lowest BCUT2D eigenvalue weighted by molar-refractivity contribution is -0.274. The number of anilines is 1. The summed E-state index contributed by atoms with van der Waals surface area (Å²) in [4.78, 5) is 19.8. The van der Waals surface area contributed by atoms with E-state index in [1.54, 1.807) is 25.6 Å². The summed E-state index contributed by atoms with van der Waals surface area (Å²) in [6, 6.07) is 13.9. The molecule has 3 heterocycles. The molecule has 1 aliphatic carbocycles. The van der Waals surface area contributed by atoms with E-state index in [0.717, 1.165) is 83.5 Å². The summed E-state index contributed by atoms with van der Waals surface area (Å²) in [5, 5.41) is 0. The molecule has 0 atom stereocenters. The average Bonchev–Trinajstić information content (AvgIpc) is 3.57. The second-order valence-electron chi connectivity index (χ2n) is 10.1. The SMILES string of the molecule is COc1cccc(C2=Cc3c(ncnc3N3CCC(c4nc(-c5ccc(OC(F)(F)F)cc5)c(C)[nH]4)CC3)C2)c1. The highest BCUT2D eigenvalue weighted by Gasteiger charge is 2.31. The average molecular weight is 548 g/mol. The number of halogens is 3. The summed E-state index contributed by atoms with van der Waals surface area (Å²) in [7, 11) is 1.67. The molecule has 0 amide bonds. The first-order valence-corrected chi connectivity index (χ1v) is 13.1. The quantitative estimate of drug-likeness (QED) is 0.295. The number of nitrogens with one attached hydrogen (secondary N) is 1. The minimum atomic E-state index is -4.72. The van der Waals surface area contributed by atoms with E-state index >= 15 is 0 Å². The van der Waals surface area contributed by atoms with Crippen LogP contribution in [0.2, 0.25) is 0 Å². The number of imidazole rings is 1. The first-order chi connectivity index (χ1) is 19.3. The van der Waals surface area contributed by atoms with Gasteiger partial charge < -0.3 is 19.4 Å². The highest BCUT2D eigenvalue weighted by Crippen LogP contribution is 2.38. The van der Waals surface area contributed by atoms with Crippen LogP contribution >= 0.6 is 0 Å². The summed E-state index contributed by atoms with van der Waals surface area (Å²) in [6.45, 7) is 3.58. The molecule has 7 nitrogen and oxygen atoms in total. The van der Waals surface area contributed by atoms with Crippen molar-refractivity contribution < 1.29 is 22.6 Å². The number of alkyl halides is 3. The molecule has 10 heteroatoms. The molecule has 1 N–H and O–H groups in total. The van der Waals surface area contributed by atoms with Gasteiger partial charge in [-0.05, 0) is 73.4 Å². The van der Waals surface area contributed by atoms with E-state index in [2.05, 4.69) is 36.7 Å². The number of benzene rings is 2. The standard InChI is InChI=1S/C30H28F3N5O2/c1-18-27(19-6-8-23(9-7-19)40-30(31,32)33)37-28(36-18)20-10-12-38(13-11-20)29-25-15-22(16-26(25)34-17-35-29)21-4-3-5-24(14-21)39-2/h3-9,14-15,17,20H,10-13,16H2,1-2H3,(H,36,37). The van der Waals surface area contributed by atoms with Gasteiger partial charge in [-0.2, -0.15) is 0 Å². The van der Waals surface area contributed by atoms with Crippen LogP contribution in [0, 0.1) is 6.92 Å². The number of piperidine rings is 1. The molecular weight excluding hydrogens is 519 g/mol. The minimum Gasteiger partial charge on any atom is -0.497 e.